The number of pyridine rings is 1. The number of aryl methyl sites for hydroxylation is 1. The molecular formula is C9H9NO4. The molecule has 5 nitrogen and oxygen atoms in total. The maximum atomic E-state index is 11.1. The van der Waals surface area contributed by atoms with E-state index in [0.29, 0.717) is 5.56 Å². The van der Waals surface area contributed by atoms with Crippen LogP contribution in [0.3, 0.4) is 0 Å². The topological polar surface area (TPSA) is 76.4 Å². The van der Waals surface area contributed by atoms with E-state index < -0.39 is 11.8 Å². The van der Waals surface area contributed by atoms with Crippen molar-refractivity contribution in [3.05, 3.63) is 34.2 Å². The first-order chi connectivity index (χ1) is 6.50. The molecule has 0 fully saturated rings. The van der Waals surface area contributed by atoms with Gasteiger partial charge in [0, 0.05) is 25.7 Å². The minimum atomic E-state index is -1.48. The third-order valence-corrected chi connectivity index (χ3v) is 1.77. The van der Waals surface area contributed by atoms with Crippen molar-refractivity contribution >= 4 is 11.8 Å². The van der Waals surface area contributed by atoms with E-state index in [1.54, 1.807) is 13.1 Å². The summed E-state index contributed by atoms with van der Waals surface area (Å²) < 4.78 is 1.34. The third-order valence-electron chi connectivity index (χ3n) is 1.77. The quantitative estimate of drug-likeness (QED) is 0.664. The van der Waals surface area contributed by atoms with Gasteiger partial charge >= 0.3 is 5.97 Å². The highest BCUT2D eigenvalue weighted by Crippen LogP contribution is 1.96. The second-order valence-electron chi connectivity index (χ2n) is 2.89. The van der Waals surface area contributed by atoms with Crippen molar-refractivity contribution in [3.63, 3.8) is 0 Å². The molecule has 0 bridgehead atoms. The number of hydrogen-bond acceptors (Lipinski definition) is 3. The molecule has 1 aromatic rings. The Morgan fingerprint density at radius 3 is 2.64 bits per heavy atom. The number of carboxylic acid groups (broad SMARTS) is 1. The molecule has 0 aliphatic rings. The largest absolute Gasteiger partial charge is 0.475 e. The number of nitrogens with zero attached hydrogens (tertiary/aromatic N) is 1. The Morgan fingerprint density at radius 2 is 2.14 bits per heavy atom. The maximum Gasteiger partial charge on any atom is 0.372 e. The zero-order valence-electron chi connectivity index (χ0n) is 7.56. The Bertz CT molecular complexity index is 433. The van der Waals surface area contributed by atoms with E-state index in [2.05, 4.69) is 0 Å². The molecule has 0 radical (unpaired) electrons. The Labute approximate surface area is 79.6 Å². The van der Waals surface area contributed by atoms with Gasteiger partial charge in [-0.3, -0.25) is 9.59 Å². The van der Waals surface area contributed by atoms with Gasteiger partial charge in [0.1, 0.15) is 0 Å². The molecule has 1 aromatic heterocycles. The number of ketones is 1. The fourth-order valence-corrected chi connectivity index (χ4v) is 0.960. The van der Waals surface area contributed by atoms with E-state index in [1.165, 1.54) is 16.8 Å². The van der Waals surface area contributed by atoms with Crippen LogP contribution < -0.4 is 5.56 Å². The number of Topliss-reactive ketones (excluding diaryl/α,β-unsaturated/α-hetero) is 1. The van der Waals surface area contributed by atoms with Gasteiger partial charge in [0.15, 0.2) is 0 Å². The highest BCUT2D eigenvalue weighted by molar-refractivity contribution is 6.33. The van der Waals surface area contributed by atoms with E-state index in [9.17, 15) is 14.4 Å². The lowest BCUT2D eigenvalue weighted by molar-refractivity contribution is -0.148. The molecule has 1 N–H and O–H groups in total. The first-order valence-corrected chi connectivity index (χ1v) is 3.92. The lowest BCUT2D eigenvalue weighted by Gasteiger charge is -1.99. The highest BCUT2D eigenvalue weighted by atomic mass is 16.4. The predicted molar refractivity (Wildman–Crippen MR) is 48.0 cm³/mol. The van der Waals surface area contributed by atoms with Crippen molar-refractivity contribution in [2.75, 3.05) is 0 Å². The van der Waals surface area contributed by atoms with Crippen LogP contribution in [0.25, 0.3) is 0 Å². The van der Waals surface area contributed by atoms with Crippen LogP contribution in [-0.2, 0) is 23.1 Å². The molecule has 1 heterocycles. The summed E-state index contributed by atoms with van der Waals surface area (Å²) >= 11 is 0. The molecule has 5 heteroatoms. The van der Waals surface area contributed by atoms with Gasteiger partial charge in [-0.1, -0.05) is 0 Å². The van der Waals surface area contributed by atoms with E-state index in [1.807, 2.05) is 0 Å². The van der Waals surface area contributed by atoms with Crippen LogP contribution in [0.2, 0.25) is 0 Å². The van der Waals surface area contributed by atoms with Crippen LogP contribution in [0, 0.1) is 0 Å². The number of hydrogen-bond donors (Lipinski definition) is 1. The molecule has 0 spiro atoms. The number of carbonyl (C=O) groups is 2. The standard InChI is InChI=1S/C9H9NO4/c1-10-3-2-6(5-8(10)12)4-7(11)9(13)14/h2-3,5H,4H2,1H3,(H,13,14). The average molecular weight is 195 g/mol. The van der Waals surface area contributed by atoms with Crippen LogP contribution in [0.1, 0.15) is 5.56 Å². The van der Waals surface area contributed by atoms with Crippen molar-refractivity contribution in [1.82, 2.24) is 4.57 Å². The summed E-state index contributed by atoms with van der Waals surface area (Å²) in [7, 11) is 1.57. The van der Waals surface area contributed by atoms with Gasteiger partial charge in [-0.15, -0.1) is 0 Å². The predicted octanol–water partition coefficient (Wildman–Crippen LogP) is -0.418. The van der Waals surface area contributed by atoms with Crippen molar-refractivity contribution in [3.8, 4) is 0 Å². The summed E-state index contributed by atoms with van der Waals surface area (Å²) in [4.78, 5) is 32.1. The fraction of sp³-hybridized carbons (Fsp3) is 0.222. The van der Waals surface area contributed by atoms with Gasteiger partial charge in [0.2, 0.25) is 5.78 Å². The summed E-state index contributed by atoms with van der Waals surface area (Å²) in [6.07, 6.45) is 1.25. The highest BCUT2D eigenvalue weighted by Gasteiger charge is 2.12. The van der Waals surface area contributed by atoms with Crippen LogP contribution >= 0.6 is 0 Å². The molecule has 0 saturated heterocycles. The van der Waals surface area contributed by atoms with Gasteiger partial charge in [-0.2, -0.15) is 0 Å². The number of aromatic nitrogens is 1. The molecule has 14 heavy (non-hydrogen) atoms. The Morgan fingerprint density at radius 1 is 1.50 bits per heavy atom. The maximum absolute atomic E-state index is 11.1. The molecular weight excluding hydrogens is 186 g/mol. The Hall–Kier alpha value is -1.91. The van der Waals surface area contributed by atoms with Gasteiger partial charge in [0.25, 0.3) is 5.56 Å². The zero-order valence-corrected chi connectivity index (χ0v) is 7.56. The van der Waals surface area contributed by atoms with E-state index in [-0.39, 0.29) is 12.0 Å². The fourth-order valence-electron chi connectivity index (χ4n) is 0.960. The molecule has 0 amide bonds. The van der Waals surface area contributed by atoms with Crippen molar-refractivity contribution in [1.29, 1.82) is 0 Å². The molecule has 0 aliphatic carbocycles. The summed E-state index contributed by atoms with van der Waals surface area (Å²) in [6.45, 7) is 0. The van der Waals surface area contributed by atoms with Gasteiger partial charge in [-0.25, -0.2) is 4.79 Å². The van der Waals surface area contributed by atoms with Crippen molar-refractivity contribution in [2.45, 2.75) is 6.42 Å². The number of aliphatic carboxylic acids is 1. The summed E-state index contributed by atoms with van der Waals surface area (Å²) in [5.41, 5.74) is 0.154. The monoisotopic (exact) mass is 195 g/mol. The molecule has 0 atom stereocenters. The van der Waals surface area contributed by atoms with Gasteiger partial charge in [-0.05, 0) is 11.6 Å². The summed E-state index contributed by atoms with van der Waals surface area (Å²) in [5.74, 6) is -2.40. The Balaban J connectivity index is 2.89. The molecule has 0 aromatic carbocycles. The normalized spacial score (nSPS) is 9.79. The molecule has 0 unspecified atom stereocenters. The van der Waals surface area contributed by atoms with Gasteiger partial charge < -0.3 is 9.67 Å². The smallest absolute Gasteiger partial charge is 0.372 e. The van der Waals surface area contributed by atoms with Gasteiger partial charge in [0.05, 0.1) is 0 Å². The second kappa shape index (κ2) is 3.87. The van der Waals surface area contributed by atoms with Crippen molar-refractivity contribution in [2.24, 2.45) is 7.05 Å². The lowest BCUT2D eigenvalue weighted by atomic mass is 10.1. The van der Waals surface area contributed by atoms with E-state index in [4.69, 9.17) is 5.11 Å². The first-order valence-electron chi connectivity index (χ1n) is 3.92. The minimum absolute atomic E-state index is 0.245. The lowest BCUT2D eigenvalue weighted by Crippen LogP contribution is -2.19. The molecule has 74 valence electrons. The second-order valence-corrected chi connectivity index (χ2v) is 2.89. The SMILES string of the molecule is Cn1ccc(CC(=O)C(=O)O)cc1=O. The summed E-state index contributed by atoms with van der Waals surface area (Å²) in [5, 5.41) is 8.33. The van der Waals surface area contributed by atoms with Crippen LogP contribution in [-0.4, -0.2) is 21.4 Å². The number of carbonyl (C=O) groups excluding carboxylic acids is 1. The number of rotatable bonds is 3. The third kappa shape index (κ3) is 2.29. The minimum Gasteiger partial charge on any atom is -0.475 e. The van der Waals surface area contributed by atoms with Crippen molar-refractivity contribution < 1.29 is 14.7 Å². The summed E-state index contributed by atoms with van der Waals surface area (Å²) in [6, 6.07) is 2.79. The molecule has 1 rings (SSSR count). The number of carboxylic acids is 1. The molecule has 0 saturated carbocycles. The van der Waals surface area contributed by atoms with Crippen LogP contribution in [0.4, 0.5) is 0 Å². The zero-order chi connectivity index (χ0) is 10.7. The van der Waals surface area contributed by atoms with Crippen LogP contribution in [0.15, 0.2) is 23.1 Å². The van der Waals surface area contributed by atoms with Crippen LogP contribution in [0.5, 0.6) is 0 Å². The molecule has 0 aliphatic heterocycles. The first kappa shape index (κ1) is 10.2. The van der Waals surface area contributed by atoms with E-state index in [0.717, 1.165) is 0 Å². The average Bonchev–Trinajstić information content (AvgIpc) is 2.11. The van der Waals surface area contributed by atoms with E-state index >= 15 is 0 Å². The Kier molecular flexibility index (Phi) is 2.81.